The quantitative estimate of drug-likeness (QED) is 0.698. The molecule has 0 aliphatic heterocycles. The molecule has 13 heavy (non-hydrogen) atoms. The van der Waals surface area contributed by atoms with Gasteiger partial charge in [0, 0.05) is 12.3 Å². The van der Waals surface area contributed by atoms with Crippen LogP contribution in [0.5, 0.6) is 5.88 Å². The first kappa shape index (κ1) is 11.4. The molecule has 0 atom stereocenters. The summed E-state index contributed by atoms with van der Waals surface area (Å²) in [5, 5.41) is 8.18. The van der Waals surface area contributed by atoms with Crippen molar-refractivity contribution < 1.29 is 4.74 Å². The molecule has 0 radical (unpaired) electrons. The minimum absolute atomic E-state index is 0.0516. The highest BCUT2D eigenvalue weighted by Crippen LogP contribution is 2.05. The molecule has 0 amide bonds. The van der Waals surface area contributed by atoms with E-state index in [2.05, 4.69) is 4.98 Å². The molecule has 3 heteroatoms. The Kier molecular flexibility index (Phi) is 6.26. The van der Waals surface area contributed by atoms with Crippen molar-refractivity contribution in [1.29, 1.82) is 5.26 Å². The number of nitrogens with zero attached hydrogens (tertiary/aromatic N) is 2. The summed E-state index contributed by atoms with van der Waals surface area (Å²) in [5.41, 5.74) is 1.08. The fraction of sp³-hybridized carbons (Fsp3) is 0.400. The first-order valence-electron chi connectivity index (χ1n) is 4.25. The van der Waals surface area contributed by atoms with Crippen LogP contribution in [0.25, 0.3) is 0 Å². The zero-order valence-corrected chi connectivity index (χ0v) is 8.24. The molecule has 1 heterocycles. The van der Waals surface area contributed by atoms with E-state index in [-0.39, 0.29) is 6.61 Å². The van der Waals surface area contributed by atoms with Crippen molar-refractivity contribution in [2.75, 3.05) is 6.61 Å². The van der Waals surface area contributed by atoms with E-state index in [1.165, 1.54) is 0 Å². The Morgan fingerprint density at radius 1 is 1.46 bits per heavy atom. The Hall–Kier alpha value is -1.56. The number of aromatic nitrogens is 1. The van der Waals surface area contributed by atoms with E-state index in [0.717, 1.165) is 5.56 Å². The summed E-state index contributed by atoms with van der Waals surface area (Å²) in [7, 11) is 0. The lowest BCUT2D eigenvalue weighted by Gasteiger charge is -1.98. The second-order valence-electron chi connectivity index (χ2n) is 2.12. The number of rotatable bonds is 2. The number of hydrogen-bond donors (Lipinski definition) is 0. The molecule has 0 N–H and O–H groups in total. The van der Waals surface area contributed by atoms with Crippen LogP contribution in [0.1, 0.15) is 19.4 Å². The highest BCUT2D eigenvalue weighted by atomic mass is 16.5. The maximum atomic E-state index is 8.18. The Labute approximate surface area is 79.0 Å². The number of nitriles is 1. The molecule has 1 aromatic heterocycles. The second kappa shape index (κ2) is 7.11. The number of aryl methyl sites for hydroxylation is 1. The fourth-order valence-electron chi connectivity index (χ4n) is 0.646. The van der Waals surface area contributed by atoms with Gasteiger partial charge in [0.15, 0.2) is 6.61 Å². The maximum absolute atomic E-state index is 8.18. The monoisotopic (exact) mass is 178 g/mol. The summed E-state index contributed by atoms with van der Waals surface area (Å²) in [5.74, 6) is 0.497. The van der Waals surface area contributed by atoms with Crippen molar-refractivity contribution in [3.05, 3.63) is 23.9 Å². The van der Waals surface area contributed by atoms with Gasteiger partial charge in [-0.3, -0.25) is 0 Å². The molecular weight excluding hydrogens is 164 g/mol. The smallest absolute Gasteiger partial charge is 0.214 e. The summed E-state index contributed by atoms with van der Waals surface area (Å²) in [6.45, 7) is 6.00. The standard InChI is InChI=1S/C8H8N2O.C2H6/c1-7-2-3-8(10-6-7)11-5-4-9;1-2/h2-3,6H,5H2,1H3;1-2H3. The molecule has 0 saturated heterocycles. The Morgan fingerprint density at radius 3 is 2.62 bits per heavy atom. The first-order chi connectivity index (χ1) is 6.33. The predicted molar refractivity (Wildman–Crippen MR) is 51.4 cm³/mol. The molecule has 0 aliphatic rings. The van der Waals surface area contributed by atoms with E-state index in [1.54, 1.807) is 12.3 Å². The molecule has 0 unspecified atom stereocenters. The molecule has 0 saturated carbocycles. The van der Waals surface area contributed by atoms with E-state index in [4.69, 9.17) is 10.00 Å². The molecule has 0 aromatic carbocycles. The molecule has 0 spiro atoms. The minimum Gasteiger partial charge on any atom is -0.462 e. The summed E-state index contributed by atoms with van der Waals surface area (Å²) < 4.78 is 4.94. The Bertz CT molecular complexity index is 261. The molecule has 0 bridgehead atoms. The number of ether oxygens (including phenoxy) is 1. The Balaban J connectivity index is 0.000000671. The lowest BCUT2D eigenvalue weighted by molar-refractivity contribution is 0.353. The van der Waals surface area contributed by atoms with E-state index in [0.29, 0.717) is 5.88 Å². The molecule has 3 nitrogen and oxygen atoms in total. The van der Waals surface area contributed by atoms with Gasteiger partial charge in [-0.15, -0.1) is 0 Å². The summed E-state index contributed by atoms with van der Waals surface area (Å²) in [4.78, 5) is 3.94. The van der Waals surface area contributed by atoms with Gasteiger partial charge in [-0.25, -0.2) is 4.98 Å². The van der Waals surface area contributed by atoms with Crippen molar-refractivity contribution in [1.82, 2.24) is 4.98 Å². The van der Waals surface area contributed by atoms with Gasteiger partial charge in [0.25, 0.3) is 0 Å². The van der Waals surface area contributed by atoms with Crippen LogP contribution in [0, 0.1) is 18.3 Å². The summed E-state index contributed by atoms with van der Waals surface area (Å²) in [6.07, 6.45) is 1.70. The van der Waals surface area contributed by atoms with Crippen molar-refractivity contribution in [2.45, 2.75) is 20.8 Å². The largest absolute Gasteiger partial charge is 0.462 e. The maximum Gasteiger partial charge on any atom is 0.214 e. The molecule has 1 aromatic rings. The third-order valence-corrected chi connectivity index (χ3v) is 1.17. The van der Waals surface area contributed by atoms with Crippen LogP contribution in [0.4, 0.5) is 0 Å². The van der Waals surface area contributed by atoms with Gasteiger partial charge in [-0.2, -0.15) is 5.26 Å². The van der Waals surface area contributed by atoms with Crippen LogP contribution in [-0.2, 0) is 0 Å². The second-order valence-corrected chi connectivity index (χ2v) is 2.12. The highest BCUT2D eigenvalue weighted by Gasteiger charge is 1.91. The van der Waals surface area contributed by atoms with E-state index in [1.807, 2.05) is 32.9 Å². The normalized spacial score (nSPS) is 7.85. The average molecular weight is 178 g/mol. The van der Waals surface area contributed by atoms with Crippen LogP contribution < -0.4 is 4.74 Å². The van der Waals surface area contributed by atoms with Gasteiger partial charge in [-0.05, 0) is 12.5 Å². The molecule has 0 aliphatic carbocycles. The SMILES string of the molecule is CC.Cc1ccc(OCC#N)nc1. The highest BCUT2D eigenvalue weighted by molar-refractivity contribution is 5.16. The third kappa shape index (κ3) is 4.81. The van der Waals surface area contributed by atoms with Crippen LogP contribution in [0.2, 0.25) is 0 Å². The lowest BCUT2D eigenvalue weighted by atomic mass is 10.3. The molecular formula is C10H14N2O. The van der Waals surface area contributed by atoms with Crippen LogP contribution in [0.3, 0.4) is 0 Å². The molecule has 0 fully saturated rings. The topological polar surface area (TPSA) is 45.9 Å². The van der Waals surface area contributed by atoms with Crippen LogP contribution in [-0.4, -0.2) is 11.6 Å². The van der Waals surface area contributed by atoms with Gasteiger partial charge in [0.05, 0.1) is 0 Å². The van der Waals surface area contributed by atoms with Crippen molar-refractivity contribution >= 4 is 0 Å². The minimum atomic E-state index is 0.0516. The number of pyridine rings is 1. The lowest BCUT2D eigenvalue weighted by Crippen LogP contribution is -1.95. The van der Waals surface area contributed by atoms with Gasteiger partial charge >= 0.3 is 0 Å². The predicted octanol–water partition coefficient (Wildman–Crippen LogP) is 2.32. The van der Waals surface area contributed by atoms with Crippen LogP contribution in [0.15, 0.2) is 18.3 Å². The number of hydrogen-bond acceptors (Lipinski definition) is 3. The summed E-state index contributed by atoms with van der Waals surface area (Å²) in [6, 6.07) is 5.50. The van der Waals surface area contributed by atoms with Gasteiger partial charge < -0.3 is 4.74 Å². The average Bonchev–Trinajstić information content (AvgIpc) is 2.20. The molecule has 1 rings (SSSR count). The first-order valence-corrected chi connectivity index (χ1v) is 4.25. The zero-order chi connectivity index (χ0) is 10.1. The third-order valence-electron chi connectivity index (χ3n) is 1.17. The van der Waals surface area contributed by atoms with Crippen molar-refractivity contribution in [2.24, 2.45) is 0 Å². The molecule has 70 valence electrons. The van der Waals surface area contributed by atoms with E-state index < -0.39 is 0 Å². The van der Waals surface area contributed by atoms with Crippen molar-refractivity contribution in [3.8, 4) is 11.9 Å². The summed E-state index contributed by atoms with van der Waals surface area (Å²) >= 11 is 0. The van der Waals surface area contributed by atoms with Gasteiger partial charge in [-0.1, -0.05) is 19.9 Å². The van der Waals surface area contributed by atoms with E-state index in [9.17, 15) is 0 Å². The van der Waals surface area contributed by atoms with Gasteiger partial charge in [0.1, 0.15) is 6.07 Å². The van der Waals surface area contributed by atoms with Gasteiger partial charge in [0.2, 0.25) is 5.88 Å². The fourth-order valence-corrected chi connectivity index (χ4v) is 0.646. The zero-order valence-electron chi connectivity index (χ0n) is 8.24. The Morgan fingerprint density at radius 2 is 2.15 bits per heavy atom. The van der Waals surface area contributed by atoms with Crippen LogP contribution >= 0.6 is 0 Å². The van der Waals surface area contributed by atoms with E-state index >= 15 is 0 Å². The van der Waals surface area contributed by atoms with Crippen molar-refractivity contribution in [3.63, 3.8) is 0 Å².